The first-order chi connectivity index (χ1) is 11.3. The number of carbonyl (C=O) groups is 2. The lowest BCUT2D eigenvalue weighted by Crippen LogP contribution is -2.56. The van der Waals surface area contributed by atoms with Crippen molar-refractivity contribution in [3.63, 3.8) is 0 Å². The molecular weight excluding hydrogens is 324 g/mol. The van der Waals surface area contributed by atoms with E-state index >= 15 is 0 Å². The average Bonchev–Trinajstić information content (AvgIpc) is 3.32. The molecule has 1 aromatic rings. The molecule has 0 bridgehead atoms. The molecule has 2 N–H and O–H groups in total. The number of aliphatic carboxylic acids is 1. The highest BCUT2D eigenvalue weighted by molar-refractivity contribution is 5.94. The number of nitrogens with zero attached hydrogens (tertiary/aromatic N) is 2. The molecule has 2 heterocycles. The van der Waals surface area contributed by atoms with Crippen molar-refractivity contribution in [2.45, 2.75) is 18.8 Å². The molecular formula is C15H17F2N3O4. The molecule has 2 aliphatic rings. The Kier molecular flexibility index (Phi) is 4.25. The van der Waals surface area contributed by atoms with Gasteiger partial charge in [-0.15, -0.1) is 0 Å². The van der Waals surface area contributed by atoms with E-state index in [4.69, 9.17) is 9.84 Å². The molecule has 1 aliphatic heterocycles. The van der Waals surface area contributed by atoms with Crippen molar-refractivity contribution in [1.29, 1.82) is 0 Å². The third-order valence-electron chi connectivity index (χ3n) is 3.81. The highest BCUT2D eigenvalue weighted by Crippen LogP contribution is 2.37. The summed E-state index contributed by atoms with van der Waals surface area (Å²) in [6, 6.07) is 2.87. The number of halogens is 2. The van der Waals surface area contributed by atoms with Crippen LogP contribution < -0.4 is 15.0 Å². The summed E-state index contributed by atoms with van der Waals surface area (Å²) >= 11 is 0. The average molecular weight is 341 g/mol. The highest BCUT2D eigenvalue weighted by Gasteiger charge is 2.45. The van der Waals surface area contributed by atoms with Crippen LogP contribution in [0.5, 0.6) is 5.88 Å². The van der Waals surface area contributed by atoms with Gasteiger partial charge in [0.05, 0.1) is 19.7 Å². The summed E-state index contributed by atoms with van der Waals surface area (Å²) in [6.45, 7) is -0.943. The van der Waals surface area contributed by atoms with E-state index in [0.717, 1.165) is 12.8 Å². The number of pyridine rings is 1. The van der Waals surface area contributed by atoms with E-state index < -0.39 is 37.4 Å². The van der Waals surface area contributed by atoms with Crippen LogP contribution in [0.1, 0.15) is 23.3 Å². The molecule has 24 heavy (non-hydrogen) atoms. The second kappa shape index (κ2) is 6.21. The van der Waals surface area contributed by atoms with Gasteiger partial charge < -0.3 is 20.1 Å². The van der Waals surface area contributed by atoms with Gasteiger partial charge in [-0.3, -0.25) is 9.59 Å². The van der Waals surface area contributed by atoms with Gasteiger partial charge in [0.25, 0.3) is 11.8 Å². The zero-order valence-corrected chi connectivity index (χ0v) is 12.8. The minimum atomic E-state index is -2.73. The fraction of sp³-hybridized carbons (Fsp3) is 0.533. The fourth-order valence-electron chi connectivity index (χ4n) is 2.32. The smallest absolute Gasteiger partial charge is 0.322 e. The molecule has 0 spiro atoms. The van der Waals surface area contributed by atoms with Gasteiger partial charge in [-0.05, 0) is 30.9 Å². The standard InChI is InChI=1S/C15H17F2N3O4/c16-15(17)7-20(8-15)11-4-3-10(13(23)18-5-12(21)22)19-14(11)24-6-9-1-2-9/h3-4,9H,1-2,5-8H2,(H,18,23)(H,21,22). The Morgan fingerprint density at radius 2 is 2.08 bits per heavy atom. The van der Waals surface area contributed by atoms with Gasteiger partial charge in [0.2, 0.25) is 5.88 Å². The topological polar surface area (TPSA) is 91.8 Å². The van der Waals surface area contributed by atoms with Gasteiger partial charge in [-0.25, -0.2) is 13.8 Å². The third-order valence-corrected chi connectivity index (χ3v) is 3.81. The molecule has 3 rings (SSSR count). The number of alkyl halides is 2. The molecule has 9 heteroatoms. The summed E-state index contributed by atoms with van der Waals surface area (Å²) < 4.78 is 31.8. The number of hydrogen-bond donors (Lipinski definition) is 2. The van der Waals surface area contributed by atoms with E-state index in [9.17, 15) is 18.4 Å². The van der Waals surface area contributed by atoms with E-state index in [0.29, 0.717) is 18.2 Å². The van der Waals surface area contributed by atoms with Gasteiger partial charge >= 0.3 is 5.97 Å². The highest BCUT2D eigenvalue weighted by atomic mass is 19.3. The van der Waals surface area contributed by atoms with Gasteiger partial charge in [0.15, 0.2) is 0 Å². The van der Waals surface area contributed by atoms with Gasteiger partial charge in [0, 0.05) is 0 Å². The maximum atomic E-state index is 13.1. The molecule has 1 amide bonds. The Morgan fingerprint density at radius 3 is 2.67 bits per heavy atom. The van der Waals surface area contributed by atoms with Crippen LogP contribution in [0.3, 0.4) is 0 Å². The maximum absolute atomic E-state index is 13.1. The van der Waals surface area contributed by atoms with Crippen LogP contribution in [0.2, 0.25) is 0 Å². The number of nitrogens with one attached hydrogen (secondary N) is 1. The Balaban J connectivity index is 1.75. The summed E-state index contributed by atoms with van der Waals surface area (Å²) in [4.78, 5) is 27.9. The molecule has 130 valence electrons. The zero-order chi connectivity index (χ0) is 17.3. The van der Waals surface area contributed by atoms with Crippen LogP contribution in [-0.4, -0.2) is 54.1 Å². The molecule has 1 aliphatic carbocycles. The van der Waals surface area contributed by atoms with Crippen LogP contribution in [-0.2, 0) is 4.79 Å². The van der Waals surface area contributed by atoms with Crippen molar-refractivity contribution in [1.82, 2.24) is 10.3 Å². The Hall–Kier alpha value is -2.45. The minimum absolute atomic E-state index is 0.0157. The van der Waals surface area contributed by atoms with E-state index in [1.807, 2.05) is 0 Å². The number of carboxylic acids is 1. The predicted octanol–water partition coefficient (Wildman–Crippen LogP) is 1.14. The van der Waals surface area contributed by atoms with Crippen molar-refractivity contribution in [3.8, 4) is 5.88 Å². The first kappa shape index (κ1) is 16.4. The van der Waals surface area contributed by atoms with Crippen LogP contribution >= 0.6 is 0 Å². The number of amides is 1. The van der Waals surface area contributed by atoms with E-state index in [1.165, 1.54) is 17.0 Å². The molecule has 1 saturated heterocycles. The summed E-state index contributed by atoms with van der Waals surface area (Å²) in [7, 11) is 0. The summed E-state index contributed by atoms with van der Waals surface area (Å²) in [5, 5.41) is 10.8. The Bertz CT molecular complexity index is 656. The maximum Gasteiger partial charge on any atom is 0.322 e. The summed E-state index contributed by atoms with van der Waals surface area (Å²) in [5.74, 6) is -4.00. The van der Waals surface area contributed by atoms with Gasteiger partial charge in [0.1, 0.15) is 17.9 Å². The first-order valence-corrected chi connectivity index (χ1v) is 7.61. The lowest BCUT2D eigenvalue weighted by Gasteiger charge is -2.40. The molecule has 0 radical (unpaired) electrons. The van der Waals surface area contributed by atoms with E-state index in [1.54, 1.807) is 0 Å². The quantitative estimate of drug-likeness (QED) is 0.773. The van der Waals surface area contributed by atoms with Crippen LogP contribution in [0.15, 0.2) is 12.1 Å². The van der Waals surface area contributed by atoms with Crippen molar-refractivity contribution in [3.05, 3.63) is 17.8 Å². The first-order valence-electron chi connectivity index (χ1n) is 7.61. The summed E-state index contributed by atoms with van der Waals surface area (Å²) in [5.41, 5.74) is 0.398. The number of carboxylic acid groups (broad SMARTS) is 1. The Morgan fingerprint density at radius 1 is 1.38 bits per heavy atom. The van der Waals surface area contributed by atoms with Gasteiger partial charge in [-0.2, -0.15) is 0 Å². The van der Waals surface area contributed by atoms with Crippen LogP contribution in [0, 0.1) is 5.92 Å². The molecule has 0 aromatic carbocycles. The second-order valence-electron chi connectivity index (χ2n) is 6.06. The molecule has 0 unspecified atom stereocenters. The number of carbonyl (C=O) groups excluding carboxylic acids is 1. The van der Waals surface area contributed by atoms with Crippen molar-refractivity contribution in [2.24, 2.45) is 5.92 Å². The lowest BCUT2D eigenvalue weighted by atomic mass is 10.1. The monoisotopic (exact) mass is 341 g/mol. The van der Waals surface area contributed by atoms with Crippen LogP contribution in [0.4, 0.5) is 14.5 Å². The van der Waals surface area contributed by atoms with Crippen molar-refractivity contribution >= 4 is 17.6 Å². The largest absolute Gasteiger partial charge is 0.480 e. The number of aromatic nitrogens is 1. The van der Waals surface area contributed by atoms with Gasteiger partial charge in [-0.1, -0.05) is 0 Å². The van der Waals surface area contributed by atoms with Crippen molar-refractivity contribution in [2.75, 3.05) is 31.1 Å². The predicted molar refractivity (Wildman–Crippen MR) is 79.6 cm³/mol. The zero-order valence-electron chi connectivity index (χ0n) is 12.8. The molecule has 2 fully saturated rings. The number of hydrogen-bond acceptors (Lipinski definition) is 5. The number of rotatable bonds is 7. The second-order valence-corrected chi connectivity index (χ2v) is 6.06. The Labute approximate surface area is 136 Å². The molecule has 1 aromatic heterocycles. The van der Waals surface area contributed by atoms with Crippen LogP contribution in [0.25, 0.3) is 0 Å². The summed E-state index contributed by atoms with van der Waals surface area (Å²) in [6.07, 6.45) is 2.10. The normalized spacial score (nSPS) is 18.7. The molecule has 1 saturated carbocycles. The molecule has 7 nitrogen and oxygen atoms in total. The lowest BCUT2D eigenvalue weighted by molar-refractivity contribution is -0.135. The number of ether oxygens (including phenoxy) is 1. The SMILES string of the molecule is O=C(O)CNC(=O)c1ccc(N2CC(F)(F)C2)c(OCC2CC2)n1. The third kappa shape index (κ3) is 3.90. The molecule has 0 atom stereocenters. The van der Waals surface area contributed by atoms with E-state index in [2.05, 4.69) is 10.3 Å². The van der Waals surface area contributed by atoms with E-state index in [-0.39, 0.29) is 11.6 Å². The number of anilines is 1. The fourth-order valence-corrected chi connectivity index (χ4v) is 2.32. The minimum Gasteiger partial charge on any atom is -0.480 e. The van der Waals surface area contributed by atoms with Crippen molar-refractivity contribution < 1.29 is 28.2 Å².